The van der Waals surface area contributed by atoms with Crippen molar-refractivity contribution in [2.24, 2.45) is 11.7 Å². The molecule has 0 amide bonds. The van der Waals surface area contributed by atoms with E-state index >= 15 is 0 Å². The fraction of sp³-hybridized carbons (Fsp3) is 0.750. The summed E-state index contributed by atoms with van der Waals surface area (Å²) in [4.78, 5) is 0. The Morgan fingerprint density at radius 1 is 1.06 bits per heavy atom. The van der Waals surface area contributed by atoms with E-state index in [1.54, 1.807) is 0 Å². The third-order valence-electron chi connectivity index (χ3n) is 4.88. The molecule has 2 aliphatic rings. The first-order valence-electron chi connectivity index (χ1n) is 7.77. The maximum Gasteiger partial charge on any atom is 0.0312 e. The summed E-state index contributed by atoms with van der Waals surface area (Å²) in [5, 5.41) is 0. The number of aryl methyl sites for hydroxylation is 2. The first kappa shape index (κ1) is 12.3. The molecule has 0 saturated heterocycles. The molecule has 1 aromatic rings. The fourth-order valence-electron chi connectivity index (χ4n) is 3.71. The standard InChI is InChI=1S/C16H26N2/c17-16-8-4-3-7-14-11-18(12-15(14)16)10-9-13-5-1-2-6-13/h11-13,16H,1-10,17H2. The Kier molecular flexibility index (Phi) is 3.74. The largest absolute Gasteiger partial charge is 0.354 e. The van der Waals surface area contributed by atoms with Gasteiger partial charge >= 0.3 is 0 Å². The zero-order valence-corrected chi connectivity index (χ0v) is 11.4. The Morgan fingerprint density at radius 3 is 2.67 bits per heavy atom. The zero-order valence-electron chi connectivity index (χ0n) is 11.4. The summed E-state index contributed by atoms with van der Waals surface area (Å²) >= 11 is 0. The highest BCUT2D eigenvalue weighted by atomic mass is 14.9. The van der Waals surface area contributed by atoms with E-state index in [-0.39, 0.29) is 6.04 Å². The number of rotatable bonds is 3. The Bertz CT molecular complexity index is 388. The minimum absolute atomic E-state index is 0.287. The van der Waals surface area contributed by atoms with Crippen LogP contribution in [0.15, 0.2) is 12.4 Å². The summed E-state index contributed by atoms with van der Waals surface area (Å²) < 4.78 is 2.41. The quantitative estimate of drug-likeness (QED) is 0.808. The molecule has 0 aliphatic heterocycles. The molecule has 1 fully saturated rings. The van der Waals surface area contributed by atoms with Gasteiger partial charge in [-0.2, -0.15) is 0 Å². The fourth-order valence-corrected chi connectivity index (χ4v) is 3.71. The summed E-state index contributed by atoms with van der Waals surface area (Å²) in [6, 6.07) is 0.287. The highest BCUT2D eigenvalue weighted by molar-refractivity contribution is 5.28. The average Bonchev–Trinajstić information content (AvgIpc) is 2.98. The molecule has 1 unspecified atom stereocenters. The van der Waals surface area contributed by atoms with Crippen molar-refractivity contribution in [3.05, 3.63) is 23.5 Å². The molecule has 0 spiro atoms. The maximum absolute atomic E-state index is 6.26. The number of nitrogens with zero attached hydrogens (tertiary/aromatic N) is 1. The van der Waals surface area contributed by atoms with Gasteiger partial charge < -0.3 is 10.3 Å². The molecule has 2 nitrogen and oxygen atoms in total. The molecule has 2 N–H and O–H groups in total. The third-order valence-corrected chi connectivity index (χ3v) is 4.88. The number of fused-ring (bicyclic) bond motifs is 1. The van der Waals surface area contributed by atoms with Crippen LogP contribution in [0, 0.1) is 5.92 Å². The van der Waals surface area contributed by atoms with Gasteiger partial charge in [0, 0.05) is 25.0 Å². The van der Waals surface area contributed by atoms with Crippen LogP contribution in [0.4, 0.5) is 0 Å². The molecule has 0 radical (unpaired) electrons. The van der Waals surface area contributed by atoms with Crippen molar-refractivity contribution in [1.29, 1.82) is 0 Å². The smallest absolute Gasteiger partial charge is 0.0312 e. The van der Waals surface area contributed by atoms with Crippen LogP contribution in [0.25, 0.3) is 0 Å². The van der Waals surface area contributed by atoms with Gasteiger partial charge in [0.15, 0.2) is 0 Å². The molecule has 3 rings (SSSR count). The topological polar surface area (TPSA) is 30.9 Å². The van der Waals surface area contributed by atoms with E-state index in [2.05, 4.69) is 17.0 Å². The van der Waals surface area contributed by atoms with Crippen LogP contribution in [-0.4, -0.2) is 4.57 Å². The predicted molar refractivity (Wildman–Crippen MR) is 75.5 cm³/mol. The number of aromatic nitrogens is 1. The Morgan fingerprint density at radius 2 is 1.83 bits per heavy atom. The summed E-state index contributed by atoms with van der Waals surface area (Å²) in [7, 11) is 0. The minimum atomic E-state index is 0.287. The normalized spacial score (nSPS) is 25.1. The first-order chi connectivity index (χ1) is 8.83. The predicted octanol–water partition coefficient (Wildman–Crippen LogP) is 3.79. The van der Waals surface area contributed by atoms with Crippen molar-refractivity contribution in [2.75, 3.05) is 0 Å². The Balaban J connectivity index is 1.64. The van der Waals surface area contributed by atoms with E-state index in [1.165, 1.54) is 75.5 Å². The molecule has 0 bridgehead atoms. The monoisotopic (exact) mass is 246 g/mol. The van der Waals surface area contributed by atoms with E-state index in [0.29, 0.717) is 0 Å². The Labute approximate surface area is 111 Å². The molecular formula is C16H26N2. The molecular weight excluding hydrogens is 220 g/mol. The third kappa shape index (κ3) is 2.64. The molecule has 2 aliphatic carbocycles. The van der Waals surface area contributed by atoms with Crippen molar-refractivity contribution in [3.8, 4) is 0 Å². The molecule has 1 atom stereocenters. The van der Waals surface area contributed by atoms with Crippen molar-refractivity contribution in [3.63, 3.8) is 0 Å². The Hall–Kier alpha value is -0.760. The van der Waals surface area contributed by atoms with Gasteiger partial charge in [-0.15, -0.1) is 0 Å². The van der Waals surface area contributed by atoms with E-state index in [9.17, 15) is 0 Å². The van der Waals surface area contributed by atoms with Crippen molar-refractivity contribution in [2.45, 2.75) is 70.4 Å². The van der Waals surface area contributed by atoms with E-state index in [0.717, 1.165) is 5.92 Å². The van der Waals surface area contributed by atoms with Gasteiger partial charge in [-0.25, -0.2) is 0 Å². The zero-order chi connectivity index (χ0) is 12.4. The summed E-state index contributed by atoms with van der Waals surface area (Å²) in [6.45, 7) is 1.20. The molecule has 1 heterocycles. The number of nitrogens with two attached hydrogens (primary N) is 1. The second-order valence-corrected chi connectivity index (χ2v) is 6.27. The molecule has 1 saturated carbocycles. The van der Waals surface area contributed by atoms with Gasteiger partial charge in [-0.05, 0) is 42.7 Å². The van der Waals surface area contributed by atoms with Crippen molar-refractivity contribution in [1.82, 2.24) is 4.57 Å². The van der Waals surface area contributed by atoms with Crippen molar-refractivity contribution >= 4 is 0 Å². The maximum atomic E-state index is 6.26. The average molecular weight is 246 g/mol. The van der Waals surface area contributed by atoms with Gasteiger partial charge in [0.2, 0.25) is 0 Å². The number of hydrogen-bond donors (Lipinski definition) is 1. The van der Waals surface area contributed by atoms with E-state index in [1.807, 2.05) is 0 Å². The molecule has 100 valence electrons. The van der Waals surface area contributed by atoms with Crippen LogP contribution in [0.5, 0.6) is 0 Å². The highest BCUT2D eigenvalue weighted by Gasteiger charge is 2.18. The lowest BCUT2D eigenvalue weighted by Gasteiger charge is -2.10. The molecule has 2 heteroatoms. The summed E-state index contributed by atoms with van der Waals surface area (Å²) in [6.07, 6.45) is 16.9. The molecule has 1 aromatic heterocycles. The van der Waals surface area contributed by atoms with Gasteiger partial charge in [0.05, 0.1) is 0 Å². The minimum Gasteiger partial charge on any atom is -0.354 e. The highest BCUT2D eigenvalue weighted by Crippen LogP contribution is 2.30. The first-order valence-corrected chi connectivity index (χ1v) is 7.77. The second-order valence-electron chi connectivity index (χ2n) is 6.27. The van der Waals surface area contributed by atoms with E-state index < -0.39 is 0 Å². The molecule has 18 heavy (non-hydrogen) atoms. The molecule has 0 aromatic carbocycles. The van der Waals surface area contributed by atoms with Gasteiger partial charge in [0.1, 0.15) is 0 Å². The summed E-state index contributed by atoms with van der Waals surface area (Å²) in [5.74, 6) is 0.987. The van der Waals surface area contributed by atoms with Gasteiger partial charge in [-0.3, -0.25) is 0 Å². The van der Waals surface area contributed by atoms with Crippen molar-refractivity contribution < 1.29 is 0 Å². The lowest BCUT2D eigenvalue weighted by molar-refractivity contribution is 0.457. The van der Waals surface area contributed by atoms with Crippen LogP contribution >= 0.6 is 0 Å². The van der Waals surface area contributed by atoms with Gasteiger partial charge in [-0.1, -0.05) is 32.1 Å². The SMILES string of the molecule is NC1CCCCc2cn(CCC3CCCC3)cc21. The van der Waals surface area contributed by atoms with Crippen LogP contribution < -0.4 is 5.73 Å². The van der Waals surface area contributed by atoms with E-state index in [4.69, 9.17) is 5.73 Å². The summed E-state index contributed by atoms with van der Waals surface area (Å²) in [5.41, 5.74) is 9.21. The van der Waals surface area contributed by atoms with Crippen LogP contribution in [0.2, 0.25) is 0 Å². The van der Waals surface area contributed by atoms with Crippen LogP contribution in [0.1, 0.15) is 68.5 Å². The lowest BCUT2D eigenvalue weighted by atomic mass is 10.0. The van der Waals surface area contributed by atoms with Gasteiger partial charge in [0.25, 0.3) is 0 Å². The van der Waals surface area contributed by atoms with Crippen LogP contribution in [-0.2, 0) is 13.0 Å². The van der Waals surface area contributed by atoms with Crippen LogP contribution in [0.3, 0.4) is 0 Å². The lowest BCUT2D eigenvalue weighted by Crippen LogP contribution is -2.09. The number of hydrogen-bond acceptors (Lipinski definition) is 1. The second kappa shape index (κ2) is 5.48.